The van der Waals surface area contributed by atoms with E-state index in [1.807, 2.05) is 37.3 Å². The number of hydrogen-bond donors (Lipinski definition) is 0. The molecule has 0 bridgehead atoms. The van der Waals surface area contributed by atoms with Crippen molar-refractivity contribution in [3.05, 3.63) is 47.3 Å². The molecule has 0 saturated carbocycles. The van der Waals surface area contributed by atoms with E-state index in [2.05, 4.69) is 22.9 Å². The van der Waals surface area contributed by atoms with Crippen LogP contribution in [-0.4, -0.2) is 6.61 Å². The van der Waals surface area contributed by atoms with Crippen LogP contribution in [0.15, 0.2) is 34.8 Å². The summed E-state index contributed by atoms with van der Waals surface area (Å²) >= 11 is 3.41. The van der Waals surface area contributed by atoms with Crippen LogP contribution >= 0.6 is 15.9 Å². The van der Waals surface area contributed by atoms with E-state index in [0.717, 1.165) is 35.2 Å². The fourth-order valence-electron chi connectivity index (χ4n) is 1.23. The van der Waals surface area contributed by atoms with Crippen molar-refractivity contribution in [2.24, 2.45) is 0 Å². The smallest absolute Gasteiger partial charge is 0.122 e. The first-order chi connectivity index (χ1) is 7.27. The summed E-state index contributed by atoms with van der Waals surface area (Å²) in [6.07, 6.45) is 3.90. The third-order valence-electron chi connectivity index (χ3n) is 2.04. The van der Waals surface area contributed by atoms with Gasteiger partial charge in [-0.2, -0.15) is 0 Å². The maximum absolute atomic E-state index is 5.66. The standard InChI is InChI=1S/C13H16BrO/c1-3-5-10-15-13(4-2)11-6-8-12(14)9-7-11/h4,6-9H,1,3,5,10H2,2H3. The molecule has 0 aliphatic heterocycles. The fourth-order valence-corrected chi connectivity index (χ4v) is 1.50. The zero-order chi connectivity index (χ0) is 11.1. The molecule has 1 radical (unpaired) electrons. The van der Waals surface area contributed by atoms with E-state index < -0.39 is 0 Å². The lowest BCUT2D eigenvalue weighted by Gasteiger charge is -2.09. The Labute approximate surface area is 100 Å². The zero-order valence-electron chi connectivity index (χ0n) is 9.00. The number of unbranched alkanes of at least 4 members (excludes halogenated alkanes) is 1. The second-order valence-electron chi connectivity index (χ2n) is 3.22. The summed E-state index contributed by atoms with van der Waals surface area (Å²) in [7, 11) is 0. The van der Waals surface area contributed by atoms with Crippen molar-refractivity contribution in [3.63, 3.8) is 0 Å². The fraction of sp³-hybridized carbons (Fsp3) is 0.308. The molecule has 0 heterocycles. The second kappa shape index (κ2) is 6.67. The Balaban J connectivity index is 2.63. The van der Waals surface area contributed by atoms with Crippen molar-refractivity contribution in [2.75, 3.05) is 6.61 Å². The molecule has 0 amide bonds. The highest BCUT2D eigenvalue weighted by Gasteiger charge is 2.00. The molecule has 0 fully saturated rings. The molecule has 1 aromatic carbocycles. The van der Waals surface area contributed by atoms with Crippen molar-refractivity contribution in [2.45, 2.75) is 19.8 Å². The molecule has 15 heavy (non-hydrogen) atoms. The Hall–Kier alpha value is -0.760. The molecule has 0 aliphatic rings. The number of allylic oxidation sites excluding steroid dienone is 1. The molecule has 0 unspecified atom stereocenters. The molecular weight excluding hydrogens is 252 g/mol. The summed E-state index contributed by atoms with van der Waals surface area (Å²) in [5.41, 5.74) is 1.12. The minimum atomic E-state index is 0.735. The first-order valence-electron chi connectivity index (χ1n) is 5.12. The highest BCUT2D eigenvalue weighted by Crippen LogP contribution is 2.19. The van der Waals surface area contributed by atoms with Gasteiger partial charge in [-0.1, -0.05) is 41.4 Å². The maximum atomic E-state index is 5.66. The average Bonchev–Trinajstić information content (AvgIpc) is 2.26. The zero-order valence-corrected chi connectivity index (χ0v) is 10.6. The number of halogens is 1. The normalized spacial score (nSPS) is 11.5. The van der Waals surface area contributed by atoms with Crippen LogP contribution in [0.1, 0.15) is 25.3 Å². The summed E-state index contributed by atoms with van der Waals surface area (Å²) < 4.78 is 6.75. The summed E-state index contributed by atoms with van der Waals surface area (Å²) in [6, 6.07) is 8.13. The second-order valence-corrected chi connectivity index (χ2v) is 4.13. The third-order valence-corrected chi connectivity index (χ3v) is 2.57. The topological polar surface area (TPSA) is 9.23 Å². The summed E-state index contributed by atoms with van der Waals surface area (Å²) in [5, 5.41) is 0. The molecule has 0 aromatic heterocycles. The lowest BCUT2D eigenvalue weighted by Crippen LogP contribution is -1.94. The number of ether oxygens (including phenoxy) is 1. The van der Waals surface area contributed by atoms with Crippen molar-refractivity contribution < 1.29 is 4.74 Å². The van der Waals surface area contributed by atoms with Crippen LogP contribution in [0.25, 0.3) is 5.76 Å². The van der Waals surface area contributed by atoms with Crippen molar-refractivity contribution >= 4 is 21.7 Å². The van der Waals surface area contributed by atoms with Crippen LogP contribution in [-0.2, 0) is 4.74 Å². The van der Waals surface area contributed by atoms with E-state index in [4.69, 9.17) is 4.74 Å². The molecular formula is C13H16BrO. The Bertz CT molecular complexity index is 314. The van der Waals surface area contributed by atoms with Crippen LogP contribution in [0, 0.1) is 6.92 Å². The van der Waals surface area contributed by atoms with Crippen LogP contribution < -0.4 is 0 Å². The maximum Gasteiger partial charge on any atom is 0.122 e. The largest absolute Gasteiger partial charge is 0.493 e. The first kappa shape index (κ1) is 12.3. The van der Waals surface area contributed by atoms with Crippen molar-refractivity contribution in [1.29, 1.82) is 0 Å². The van der Waals surface area contributed by atoms with E-state index in [0.29, 0.717) is 0 Å². The van der Waals surface area contributed by atoms with Gasteiger partial charge in [0.1, 0.15) is 5.76 Å². The highest BCUT2D eigenvalue weighted by molar-refractivity contribution is 9.10. The lowest BCUT2D eigenvalue weighted by molar-refractivity contribution is 0.272. The lowest BCUT2D eigenvalue weighted by atomic mass is 10.2. The van der Waals surface area contributed by atoms with E-state index in [1.165, 1.54) is 0 Å². The molecule has 1 nitrogen and oxygen atoms in total. The van der Waals surface area contributed by atoms with Gasteiger partial charge < -0.3 is 4.74 Å². The molecule has 0 atom stereocenters. The van der Waals surface area contributed by atoms with Gasteiger partial charge in [-0.05, 0) is 31.6 Å². The van der Waals surface area contributed by atoms with E-state index in [1.54, 1.807) is 0 Å². The molecule has 1 rings (SSSR count). The quantitative estimate of drug-likeness (QED) is 0.566. The SMILES string of the molecule is [CH2]CCCOC(=CC)c1ccc(Br)cc1. The minimum Gasteiger partial charge on any atom is -0.493 e. The van der Waals surface area contributed by atoms with Gasteiger partial charge in [0.25, 0.3) is 0 Å². The van der Waals surface area contributed by atoms with Gasteiger partial charge in [-0.15, -0.1) is 0 Å². The highest BCUT2D eigenvalue weighted by atomic mass is 79.9. The van der Waals surface area contributed by atoms with Crippen molar-refractivity contribution in [3.8, 4) is 0 Å². The van der Waals surface area contributed by atoms with Gasteiger partial charge >= 0.3 is 0 Å². The molecule has 1 aromatic rings. The Kier molecular flexibility index (Phi) is 5.48. The Morgan fingerprint density at radius 3 is 2.60 bits per heavy atom. The Morgan fingerprint density at radius 2 is 2.07 bits per heavy atom. The van der Waals surface area contributed by atoms with Crippen LogP contribution in [0.2, 0.25) is 0 Å². The number of rotatable bonds is 5. The number of benzene rings is 1. The van der Waals surface area contributed by atoms with E-state index in [-0.39, 0.29) is 0 Å². The Morgan fingerprint density at radius 1 is 1.40 bits per heavy atom. The van der Waals surface area contributed by atoms with Crippen LogP contribution in [0.4, 0.5) is 0 Å². The predicted molar refractivity (Wildman–Crippen MR) is 68.3 cm³/mol. The molecule has 2 heteroatoms. The molecule has 0 saturated heterocycles. The average molecular weight is 268 g/mol. The summed E-state index contributed by atoms with van der Waals surface area (Å²) in [5.74, 6) is 0.941. The van der Waals surface area contributed by atoms with Gasteiger partial charge in [0.2, 0.25) is 0 Å². The predicted octanol–water partition coefficient (Wildman–Crippen LogP) is 4.44. The minimum absolute atomic E-state index is 0.735. The number of hydrogen-bond acceptors (Lipinski definition) is 1. The molecule has 0 aliphatic carbocycles. The van der Waals surface area contributed by atoms with Gasteiger partial charge in [-0.3, -0.25) is 0 Å². The van der Waals surface area contributed by atoms with Gasteiger partial charge in [0.15, 0.2) is 0 Å². The van der Waals surface area contributed by atoms with Gasteiger partial charge in [0, 0.05) is 10.0 Å². The molecule has 0 spiro atoms. The molecule has 0 N–H and O–H groups in total. The summed E-state index contributed by atoms with van der Waals surface area (Å²) in [4.78, 5) is 0. The third kappa shape index (κ3) is 4.08. The van der Waals surface area contributed by atoms with Crippen LogP contribution in [0.5, 0.6) is 0 Å². The monoisotopic (exact) mass is 267 g/mol. The van der Waals surface area contributed by atoms with Gasteiger partial charge in [0.05, 0.1) is 6.61 Å². The first-order valence-corrected chi connectivity index (χ1v) is 5.91. The van der Waals surface area contributed by atoms with Crippen molar-refractivity contribution in [1.82, 2.24) is 0 Å². The van der Waals surface area contributed by atoms with Gasteiger partial charge in [-0.25, -0.2) is 0 Å². The van der Waals surface area contributed by atoms with Crippen LogP contribution in [0.3, 0.4) is 0 Å². The molecule has 81 valence electrons. The van der Waals surface area contributed by atoms with E-state index in [9.17, 15) is 0 Å². The van der Waals surface area contributed by atoms with E-state index >= 15 is 0 Å². The summed E-state index contributed by atoms with van der Waals surface area (Å²) in [6.45, 7) is 6.51.